The van der Waals surface area contributed by atoms with Crippen LogP contribution in [0.5, 0.6) is 0 Å². The van der Waals surface area contributed by atoms with Crippen molar-refractivity contribution in [1.82, 2.24) is 0 Å². The first-order chi connectivity index (χ1) is 10.9. The lowest BCUT2D eigenvalue weighted by atomic mass is 9.91. The summed E-state index contributed by atoms with van der Waals surface area (Å²) in [6.45, 7) is 2.56. The smallest absolute Gasteiger partial charge is 0.387 e. The number of methoxy groups -OCH3 is 1. The van der Waals surface area contributed by atoms with E-state index in [4.69, 9.17) is 4.74 Å². The summed E-state index contributed by atoms with van der Waals surface area (Å²) < 4.78 is 42.7. The molecule has 1 aromatic rings. The van der Waals surface area contributed by atoms with Crippen molar-refractivity contribution < 1.29 is 23.0 Å². The molecule has 0 spiro atoms. The van der Waals surface area contributed by atoms with Crippen LogP contribution in [-0.2, 0) is 10.9 Å². The lowest BCUT2D eigenvalue weighted by molar-refractivity contribution is -0.137. The molecule has 2 nitrogen and oxygen atoms in total. The van der Waals surface area contributed by atoms with Crippen LogP contribution < -0.4 is 0 Å². The minimum atomic E-state index is -4.37. The van der Waals surface area contributed by atoms with E-state index in [-0.39, 0.29) is 5.92 Å². The lowest BCUT2D eigenvalue weighted by Crippen LogP contribution is -2.12. The molecule has 0 bridgehead atoms. The Bertz CT molecular complexity index is 512. The van der Waals surface area contributed by atoms with Gasteiger partial charge in [0.1, 0.15) is 0 Å². The number of unbranched alkanes of at least 4 members (excludes halogenated alkanes) is 1. The van der Waals surface area contributed by atoms with Gasteiger partial charge in [0, 0.05) is 13.5 Å². The molecule has 23 heavy (non-hydrogen) atoms. The van der Waals surface area contributed by atoms with Crippen molar-refractivity contribution in [2.45, 2.75) is 44.9 Å². The van der Waals surface area contributed by atoms with Gasteiger partial charge in [-0.3, -0.25) is 0 Å². The van der Waals surface area contributed by atoms with Gasteiger partial charge in [0.15, 0.2) is 0 Å². The first-order valence-corrected chi connectivity index (χ1v) is 7.72. The van der Waals surface area contributed by atoms with Gasteiger partial charge in [-0.15, -0.1) is 5.92 Å². The highest BCUT2D eigenvalue weighted by Crippen LogP contribution is 2.32. The Morgan fingerprint density at radius 2 is 1.87 bits per heavy atom. The second-order valence-corrected chi connectivity index (χ2v) is 5.38. The predicted molar refractivity (Wildman–Crippen MR) is 83.7 cm³/mol. The molecule has 128 valence electrons. The van der Waals surface area contributed by atoms with Crippen molar-refractivity contribution in [3.8, 4) is 11.8 Å². The lowest BCUT2D eigenvalue weighted by Gasteiger charge is -2.19. The van der Waals surface area contributed by atoms with E-state index in [1.807, 2.05) is 6.92 Å². The molecule has 0 aliphatic heterocycles. The van der Waals surface area contributed by atoms with Crippen LogP contribution in [0.1, 0.15) is 49.8 Å². The Morgan fingerprint density at radius 3 is 2.39 bits per heavy atom. The first-order valence-electron chi connectivity index (χ1n) is 7.72. The zero-order chi connectivity index (χ0) is 17.3. The highest BCUT2D eigenvalue weighted by Gasteiger charge is 2.30. The second-order valence-electron chi connectivity index (χ2n) is 5.38. The average molecular weight is 328 g/mol. The van der Waals surface area contributed by atoms with Gasteiger partial charge in [-0.1, -0.05) is 37.8 Å². The van der Waals surface area contributed by atoms with Crippen LogP contribution in [0.25, 0.3) is 0 Å². The number of halogens is 3. The van der Waals surface area contributed by atoms with E-state index in [0.29, 0.717) is 25.0 Å². The Balaban J connectivity index is 2.85. The third kappa shape index (κ3) is 6.64. The maximum Gasteiger partial charge on any atom is 0.416 e. The molecule has 0 fully saturated rings. The number of ether oxygens (including phenoxy) is 1. The Hall–Kier alpha value is -1.51. The number of aliphatic hydroxyl groups excluding tert-OH is 1. The molecule has 0 aromatic heterocycles. The molecule has 2 atom stereocenters. The SMILES string of the molecule is CCCCC(C#CCCOC)C(O)c1ccc(C(F)(F)F)cc1. The molecule has 1 aromatic carbocycles. The van der Waals surface area contributed by atoms with Gasteiger partial charge in [0.25, 0.3) is 0 Å². The highest BCUT2D eigenvalue weighted by atomic mass is 19.4. The molecule has 0 radical (unpaired) electrons. The summed E-state index contributed by atoms with van der Waals surface area (Å²) in [5.41, 5.74) is -0.259. The molecule has 1 rings (SSSR count). The van der Waals surface area contributed by atoms with Gasteiger partial charge in [-0.2, -0.15) is 13.2 Å². The third-order valence-electron chi connectivity index (χ3n) is 3.55. The van der Waals surface area contributed by atoms with Crippen LogP contribution >= 0.6 is 0 Å². The maximum absolute atomic E-state index is 12.6. The van der Waals surface area contributed by atoms with Crippen LogP contribution in [0.3, 0.4) is 0 Å². The van der Waals surface area contributed by atoms with Crippen LogP contribution in [0, 0.1) is 17.8 Å². The summed E-state index contributed by atoms with van der Waals surface area (Å²) in [4.78, 5) is 0. The summed E-state index contributed by atoms with van der Waals surface area (Å²) in [6, 6.07) is 4.63. The second kappa shape index (κ2) is 9.59. The number of benzene rings is 1. The number of rotatable bonds is 7. The van der Waals surface area contributed by atoms with Gasteiger partial charge in [-0.25, -0.2) is 0 Å². The first kappa shape index (κ1) is 19.5. The summed E-state index contributed by atoms with van der Waals surface area (Å²) >= 11 is 0. The van der Waals surface area contributed by atoms with Crippen molar-refractivity contribution in [3.63, 3.8) is 0 Å². The van der Waals surface area contributed by atoms with Gasteiger partial charge >= 0.3 is 6.18 Å². The van der Waals surface area contributed by atoms with Gasteiger partial charge in [0.05, 0.1) is 24.2 Å². The van der Waals surface area contributed by atoms with E-state index in [9.17, 15) is 18.3 Å². The fraction of sp³-hybridized carbons (Fsp3) is 0.556. The monoisotopic (exact) mass is 328 g/mol. The zero-order valence-corrected chi connectivity index (χ0v) is 13.5. The molecular weight excluding hydrogens is 305 g/mol. The topological polar surface area (TPSA) is 29.5 Å². The minimum absolute atomic E-state index is 0.288. The fourth-order valence-electron chi connectivity index (χ4n) is 2.19. The molecule has 1 N–H and O–H groups in total. The largest absolute Gasteiger partial charge is 0.416 e. The van der Waals surface area contributed by atoms with Crippen LogP contribution in [0.2, 0.25) is 0 Å². The molecule has 0 amide bonds. The van der Waals surface area contributed by atoms with E-state index in [1.54, 1.807) is 7.11 Å². The molecule has 2 unspecified atom stereocenters. The number of hydrogen-bond acceptors (Lipinski definition) is 2. The normalized spacial score (nSPS) is 14.0. The molecule has 0 aliphatic carbocycles. The summed E-state index contributed by atoms with van der Waals surface area (Å²) in [5, 5.41) is 10.4. The molecule has 0 aliphatic rings. The maximum atomic E-state index is 12.6. The molecule has 0 saturated carbocycles. The minimum Gasteiger partial charge on any atom is -0.387 e. The van der Waals surface area contributed by atoms with Crippen LogP contribution in [-0.4, -0.2) is 18.8 Å². The van der Waals surface area contributed by atoms with E-state index in [1.165, 1.54) is 12.1 Å². The summed E-state index contributed by atoms with van der Waals surface area (Å²) in [7, 11) is 1.59. The van der Waals surface area contributed by atoms with Gasteiger partial charge < -0.3 is 9.84 Å². The van der Waals surface area contributed by atoms with Crippen molar-refractivity contribution in [2.24, 2.45) is 5.92 Å². The third-order valence-corrected chi connectivity index (χ3v) is 3.55. The van der Waals surface area contributed by atoms with Crippen molar-refractivity contribution in [1.29, 1.82) is 0 Å². The van der Waals surface area contributed by atoms with Crippen LogP contribution in [0.15, 0.2) is 24.3 Å². The standard InChI is InChI=1S/C18H23F3O2/c1-3-4-7-14(8-5-6-13-23-2)17(22)15-9-11-16(12-10-15)18(19,20)21/h9-12,14,17,22H,3-4,6-7,13H2,1-2H3. The van der Waals surface area contributed by atoms with E-state index < -0.39 is 17.8 Å². The number of aliphatic hydroxyl groups is 1. The average Bonchev–Trinajstić information content (AvgIpc) is 2.53. The Labute approximate surface area is 135 Å². The zero-order valence-electron chi connectivity index (χ0n) is 13.5. The van der Waals surface area contributed by atoms with Gasteiger partial charge in [-0.05, 0) is 24.1 Å². The molecule has 5 heteroatoms. The number of alkyl halides is 3. The highest BCUT2D eigenvalue weighted by molar-refractivity contribution is 5.27. The van der Waals surface area contributed by atoms with Crippen molar-refractivity contribution in [2.75, 3.05) is 13.7 Å². The molecular formula is C18H23F3O2. The molecule has 0 heterocycles. The van der Waals surface area contributed by atoms with E-state index in [2.05, 4.69) is 11.8 Å². The number of hydrogen-bond donors (Lipinski definition) is 1. The van der Waals surface area contributed by atoms with Gasteiger partial charge in [0.2, 0.25) is 0 Å². The van der Waals surface area contributed by atoms with Crippen molar-refractivity contribution in [3.05, 3.63) is 35.4 Å². The van der Waals surface area contributed by atoms with E-state index in [0.717, 1.165) is 25.0 Å². The summed E-state index contributed by atoms with van der Waals surface area (Å²) in [6.07, 6.45) is -2.11. The summed E-state index contributed by atoms with van der Waals surface area (Å²) in [5.74, 6) is 5.71. The van der Waals surface area contributed by atoms with Crippen molar-refractivity contribution >= 4 is 0 Å². The fourth-order valence-corrected chi connectivity index (χ4v) is 2.19. The predicted octanol–water partition coefficient (Wildman–Crippen LogP) is 4.59. The van der Waals surface area contributed by atoms with E-state index >= 15 is 0 Å². The Morgan fingerprint density at radius 1 is 1.22 bits per heavy atom. The Kier molecular flexibility index (Phi) is 8.15. The molecule has 0 saturated heterocycles. The van der Waals surface area contributed by atoms with Crippen LogP contribution in [0.4, 0.5) is 13.2 Å². The quantitative estimate of drug-likeness (QED) is 0.586.